The second-order valence-electron chi connectivity index (χ2n) is 21.3. The number of rotatable bonds is 12. The van der Waals surface area contributed by atoms with Crippen molar-refractivity contribution in [1.29, 1.82) is 0 Å². The van der Waals surface area contributed by atoms with E-state index in [0.717, 1.165) is 75.5 Å². The van der Waals surface area contributed by atoms with Gasteiger partial charge in [0.15, 0.2) is 0 Å². The minimum absolute atomic E-state index is 0.111. The van der Waals surface area contributed by atoms with Crippen LogP contribution in [0, 0.1) is 21.4 Å². The summed E-state index contributed by atoms with van der Waals surface area (Å²) in [6, 6.07) is 22.3. The maximum atomic E-state index is 14.7. The van der Waals surface area contributed by atoms with Crippen LogP contribution in [-0.4, -0.2) is 116 Å². The number of sulfonamides is 1. The second kappa shape index (κ2) is 18.7. The van der Waals surface area contributed by atoms with E-state index in [0.29, 0.717) is 80.5 Å². The molecule has 6 heterocycles. The molecular weight excluding hydrogens is 925 g/mol. The Kier molecular flexibility index (Phi) is 12.5. The number of nitrogens with zero attached hydrogens (tertiary/aromatic N) is 5. The van der Waals surface area contributed by atoms with Gasteiger partial charge in [-0.05, 0) is 129 Å². The second-order valence-corrected chi connectivity index (χ2v) is 22.9. The lowest BCUT2D eigenvalue weighted by atomic mass is 9.80. The molecule has 6 aliphatic rings. The molecule has 5 fully saturated rings. The number of aliphatic hydroxyl groups is 1. The van der Waals surface area contributed by atoms with E-state index in [1.165, 1.54) is 23.3 Å². The zero-order valence-electron chi connectivity index (χ0n) is 40.6. The molecule has 11 rings (SSSR count). The number of aromatic nitrogens is 2. The maximum absolute atomic E-state index is 14.7. The van der Waals surface area contributed by atoms with E-state index in [1.807, 2.05) is 31.2 Å². The first kappa shape index (κ1) is 47.5. The van der Waals surface area contributed by atoms with Gasteiger partial charge in [0.1, 0.15) is 23.1 Å². The van der Waals surface area contributed by atoms with Crippen LogP contribution in [0.5, 0.6) is 5.88 Å². The van der Waals surface area contributed by atoms with Crippen molar-refractivity contribution >= 4 is 55.4 Å². The van der Waals surface area contributed by atoms with Crippen LogP contribution in [0.1, 0.15) is 106 Å². The average Bonchev–Trinajstić information content (AvgIpc) is 3.85. The van der Waals surface area contributed by atoms with E-state index in [2.05, 4.69) is 67.8 Å². The van der Waals surface area contributed by atoms with E-state index >= 15 is 0 Å². The van der Waals surface area contributed by atoms with Crippen LogP contribution in [0.3, 0.4) is 0 Å². The van der Waals surface area contributed by atoms with Crippen molar-refractivity contribution in [3.05, 3.63) is 106 Å². The lowest BCUT2D eigenvalue weighted by Crippen LogP contribution is -2.53. The summed E-state index contributed by atoms with van der Waals surface area (Å²) in [7, 11) is -4.62. The Labute approximate surface area is 414 Å². The van der Waals surface area contributed by atoms with Gasteiger partial charge in [-0.25, -0.2) is 13.1 Å². The fourth-order valence-electron chi connectivity index (χ4n) is 12.2. The number of fused-ring (bicyclic) bond motifs is 3. The third-order valence-corrected chi connectivity index (χ3v) is 17.7. The molecule has 18 heteroatoms. The minimum Gasteiger partial charge on any atom is -0.468 e. The van der Waals surface area contributed by atoms with Crippen molar-refractivity contribution in [3.8, 4) is 5.88 Å². The van der Waals surface area contributed by atoms with Crippen LogP contribution in [-0.2, 0) is 19.5 Å². The highest BCUT2D eigenvalue weighted by Gasteiger charge is 2.59. The molecule has 0 unspecified atom stereocenters. The third-order valence-electron chi connectivity index (χ3n) is 16.4. The van der Waals surface area contributed by atoms with Crippen molar-refractivity contribution < 1.29 is 37.5 Å². The predicted octanol–water partition coefficient (Wildman–Crippen LogP) is 8.19. The van der Waals surface area contributed by atoms with Crippen LogP contribution < -0.4 is 24.6 Å². The van der Waals surface area contributed by atoms with E-state index in [1.54, 1.807) is 12.3 Å². The fourth-order valence-corrected chi connectivity index (χ4v) is 13.2. The van der Waals surface area contributed by atoms with Gasteiger partial charge < -0.3 is 39.4 Å². The number of carbonyl (C=O) groups is 1. The van der Waals surface area contributed by atoms with E-state index in [-0.39, 0.29) is 34.7 Å². The molecule has 2 aliphatic carbocycles. The van der Waals surface area contributed by atoms with Gasteiger partial charge in [-0.2, -0.15) is 4.98 Å². The fraction of sp³-hybridized carbons (Fsp3) is 0.509. The van der Waals surface area contributed by atoms with E-state index in [9.17, 15) is 28.4 Å². The molecule has 1 spiro atoms. The molecule has 4 atom stereocenters. The molecule has 0 bridgehead atoms. The summed E-state index contributed by atoms with van der Waals surface area (Å²) >= 11 is 0. The van der Waals surface area contributed by atoms with Crippen molar-refractivity contribution in [2.45, 2.75) is 113 Å². The first-order valence-electron chi connectivity index (χ1n) is 25.3. The van der Waals surface area contributed by atoms with Gasteiger partial charge in [0.25, 0.3) is 21.6 Å². The lowest BCUT2D eigenvalue weighted by molar-refractivity contribution is -0.384. The molecule has 3 aromatic carbocycles. The van der Waals surface area contributed by atoms with Crippen molar-refractivity contribution in [3.63, 3.8) is 0 Å². The van der Waals surface area contributed by atoms with Crippen molar-refractivity contribution in [2.75, 3.05) is 67.7 Å². The van der Waals surface area contributed by atoms with Gasteiger partial charge in [-0.3, -0.25) is 19.8 Å². The third kappa shape index (κ3) is 9.22. The summed E-state index contributed by atoms with van der Waals surface area (Å²) < 4.78 is 49.2. The van der Waals surface area contributed by atoms with Crippen LogP contribution in [0.25, 0.3) is 11.0 Å². The molecule has 2 saturated carbocycles. The molecule has 71 heavy (non-hydrogen) atoms. The summed E-state index contributed by atoms with van der Waals surface area (Å²) in [4.78, 5) is 41.2. The van der Waals surface area contributed by atoms with Crippen molar-refractivity contribution in [1.82, 2.24) is 19.6 Å². The number of nitrogens with one attached hydrogen (secondary N) is 3. The Bertz CT molecular complexity index is 2940. The largest absolute Gasteiger partial charge is 0.468 e. The Morgan fingerprint density at radius 1 is 0.958 bits per heavy atom. The van der Waals surface area contributed by atoms with Gasteiger partial charge in [0, 0.05) is 62.2 Å². The number of ether oxygens (including phenoxy) is 3. The van der Waals surface area contributed by atoms with Crippen LogP contribution in [0.2, 0.25) is 0 Å². The summed E-state index contributed by atoms with van der Waals surface area (Å²) in [5, 5.41) is 26.7. The first-order valence-corrected chi connectivity index (χ1v) is 26.8. The van der Waals surface area contributed by atoms with E-state index < -0.39 is 43.1 Å². The smallest absolute Gasteiger partial charge is 0.293 e. The summed E-state index contributed by atoms with van der Waals surface area (Å²) in [6.45, 7) is 11.5. The number of anilines is 4. The van der Waals surface area contributed by atoms with Gasteiger partial charge in [0.05, 0.1) is 58.6 Å². The number of benzene rings is 3. The van der Waals surface area contributed by atoms with Gasteiger partial charge in [-0.15, -0.1) is 0 Å². The highest BCUT2D eigenvalue weighted by atomic mass is 32.2. The lowest BCUT2D eigenvalue weighted by Gasteiger charge is -2.45. The molecule has 0 radical (unpaired) electrons. The minimum atomic E-state index is -4.62. The normalized spacial score (nSPS) is 26.4. The molecule has 4 N–H and O–H groups in total. The molecule has 4 aliphatic heterocycles. The highest BCUT2D eigenvalue weighted by Crippen LogP contribution is 2.59. The number of hydrogen-bond acceptors (Lipinski definition) is 14. The number of nitro benzene ring substituents is 1. The standard InChI is InChI=1S/C53H64N8O9S/c1-33(2)38-6-4-5-7-39(38)46-31-69-25-23-59(46)48-29-53(48)18-21-58(22-19-53)36-8-10-40(43(27-36)60-42-15-24-68-32-47(42)70-51-45(60)26-35-14-20-54-49(35)56-51)50(62)57-71(66,67)37-9-11-41(44(28-37)61(64)65)55-30-34-12-16-52(3,63)17-13-34/h4-11,14,20,26-28,33-34,42,46-48,55,63H,12-13,15-19,21-25,29-32H2,1-3H3,(H,54,56)(H,57,62)/t34-,42-,46-,47-,48-,52-/m0/s1. The number of H-pyrrole nitrogens is 1. The molecule has 3 saturated heterocycles. The summed E-state index contributed by atoms with van der Waals surface area (Å²) in [5.74, 6) is 0.0932. The number of amides is 1. The maximum Gasteiger partial charge on any atom is 0.293 e. The zero-order chi connectivity index (χ0) is 49.2. The topological polar surface area (TPSA) is 205 Å². The van der Waals surface area contributed by atoms with Gasteiger partial charge >= 0.3 is 0 Å². The number of pyridine rings is 1. The van der Waals surface area contributed by atoms with E-state index in [4.69, 9.17) is 19.2 Å². The highest BCUT2D eigenvalue weighted by molar-refractivity contribution is 7.90. The first-order chi connectivity index (χ1) is 34.2. The number of piperidine rings is 1. The molecule has 5 aromatic rings. The molecule has 1 amide bonds. The average molecular weight is 989 g/mol. The molecule has 2 aromatic heterocycles. The van der Waals surface area contributed by atoms with Gasteiger partial charge in [0.2, 0.25) is 5.88 Å². The Balaban J connectivity index is 0.884. The summed E-state index contributed by atoms with van der Waals surface area (Å²) in [6.07, 6.45) is 7.89. The summed E-state index contributed by atoms with van der Waals surface area (Å²) in [5.41, 5.74) is 4.77. The van der Waals surface area contributed by atoms with Crippen LogP contribution in [0.15, 0.2) is 83.9 Å². The van der Waals surface area contributed by atoms with Crippen LogP contribution in [0.4, 0.5) is 28.4 Å². The predicted molar refractivity (Wildman–Crippen MR) is 270 cm³/mol. The number of morpholine rings is 1. The van der Waals surface area contributed by atoms with Crippen molar-refractivity contribution in [2.24, 2.45) is 11.3 Å². The van der Waals surface area contributed by atoms with Crippen LogP contribution >= 0.6 is 0 Å². The molecule has 376 valence electrons. The number of nitro groups is 1. The Morgan fingerprint density at radius 3 is 2.54 bits per heavy atom. The SMILES string of the molecule is CC(C)c1ccccc1[C@@H]1COCCN1[C@H]1CC12CCN(c1ccc(C(=O)NS(=O)(=O)c3ccc(NC[C@H]4CC[C@](C)(O)CC4)c([N+](=O)[O-])c3)c(N3c4cc5cc[nH]c5nc4O[C@H]4COCC[C@@H]43)c1)CC2. The Morgan fingerprint density at radius 2 is 1.75 bits per heavy atom. The Hall–Kier alpha value is -5.79. The quantitative estimate of drug-likeness (QED) is 0.0688. The number of aromatic amines is 1. The molecule has 17 nitrogen and oxygen atoms in total. The zero-order valence-corrected chi connectivity index (χ0v) is 41.5. The number of hydrogen-bond donors (Lipinski definition) is 4. The monoisotopic (exact) mass is 988 g/mol. The molecular formula is C53H64N8O9S. The van der Waals surface area contributed by atoms with Gasteiger partial charge in [-0.1, -0.05) is 38.1 Å². The number of carbonyl (C=O) groups excluding carboxylic acids is 1.